The van der Waals surface area contributed by atoms with Crippen LogP contribution in [0.5, 0.6) is 23.0 Å². The summed E-state index contributed by atoms with van der Waals surface area (Å²) in [6, 6.07) is 9.28. The largest absolute Gasteiger partial charge is 0.493 e. The van der Waals surface area contributed by atoms with Gasteiger partial charge < -0.3 is 29.4 Å². The zero-order chi connectivity index (χ0) is 20.3. The molecule has 1 heterocycles. The van der Waals surface area contributed by atoms with Crippen LogP contribution in [0.1, 0.15) is 38.0 Å². The van der Waals surface area contributed by atoms with Crippen LogP contribution in [0.25, 0.3) is 0 Å². The summed E-state index contributed by atoms with van der Waals surface area (Å²) in [7, 11) is 1.60. The summed E-state index contributed by atoms with van der Waals surface area (Å²) < 4.78 is 22.8. The fourth-order valence-electron chi connectivity index (χ4n) is 2.76. The molecule has 0 bridgehead atoms. The summed E-state index contributed by atoms with van der Waals surface area (Å²) in [4.78, 5) is 0. The van der Waals surface area contributed by atoms with Gasteiger partial charge in [0.2, 0.25) is 6.79 Å². The highest BCUT2D eigenvalue weighted by Crippen LogP contribution is 2.38. The van der Waals surface area contributed by atoms with E-state index in [4.69, 9.17) is 18.9 Å². The molecule has 6 nitrogen and oxygen atoms in total. The quantitative estimate of drug-likeness (QED) is 0.657. The molecule has 0 spiro atoms. The van der Waals surface area contributed by atoms with Gasteiger partial charge in [-0.2, -0.15) is 0 Å². The van der Waals surface area contributed by atoms with Crippen LogP contribution >= 0.6 is 15.9 Å². The van der Waals surface area contributed by atoms with Gasteiger partial charge in [0, 0.05) is 12.1 Å². The van der Waals surface area contributed by atoms with Gasteiger partial charge in [-0.3, -0.25) is 0 Å². The lowest BCUT2D eigenvalue weighted by Gasteiger charge is -2.22. The molecule has 2 aromatic carbocycles. The Morgan fingerprint density at radius 3 is 2.64 bits per heavy atom. The number of nitrogens with one attached hydrogen (secondary N) is 1. The van der Waals surface area contributed by atoms with Crippen LogP contribution in [0.15, 0.2) is 34.8 Å². The standard InChI is InChI=1S/C21H26BrNO5/c1-21(2,3)23-10-13-7-15(22)20(19(8-13)25-4)26-11-16(24)14-5-6-17-18(9-14)28-12-27-17/h5-9,16,23-24H,10-12H2,1-4H3. The zero-order valence-corrected chi connectivity index (χ0v) is 18.1. The average Bonchev–Trinajstić information content (AvgIpc) is 3.12. The monoisotopic (exact) mass is 451 g/mol. The molecule has 2 N–H and O–H groups in total. The molecule has 152 valence electrons. The van der Waals surface area contributed by atoms with Gasteiger partial charge >= 0.3 is 0 Å². The molecule has 1 aliphatic heterocycles. The van der Waals surface area contributed by atoms with Crippen molar-refractivity contribution in [1.82, 2.24) is 5.32 Å². The number of ether oxygens (including phenoxy) is 4. The van der Waals surface area contributed by atoms with Crippen LogP contribution in [0.4, 0.5) is 0 Å². The van der Waals surface area contributed by atoms with E-state index in [2.05, 4.69) is 42.0 Å². The number of aliphatic hydroxyl groups excluding tert-OH is 1. The van der Waals surface area contributed by atoms with Crippen LogP contribution in [0, 0.1) is 0 Å². The molecule has 0 aromatic heterocycles. The van der Waals surface area contributed by atoms with Gasteiger partial charge in [0.25, 0.3) is 0 Å². The highest BCUT2D eigenvalue weighted by atomic mass is 79.9. The Kier molecular flexibility index (Phi) is 6.37. The number of methoxy groups -OCH3 is 1. The SMILES string of the molecule is COc1cc(CNC(C)(C)C)cc(Br)c1OCC(O)c1ccc2c(c1)OCO2. The van der Waals surface area contributed by atoms with E-state index in [-0.39, 0.29) is 18.9 Å². The van der Waals surface area contributed by atoms with Gasteiger partial charge in [0.1, 0.15) is 12.7 Å². The van der Waals surface area contributed by atoms with Crippen molar-refractivity contribution in [2.24, 2.45) is 0 Å². The zero-order valence-electron chi connectivity index (χ0n) is 16.5. The second kappa shape index (κ2) is 8.59. The molecule has 1 unspecified atom stereocenters. The smallest absolute Gasteiger partial charge is 0.231 e. The normalized spacial score (nSPS) is 14.1. The first-order valence-corrected chi connectivity index (χ1v) is 9.88. The molecule has 1 atom stereocenters. The maximum atomic E-state index is 10.5. The third-order valence-electron chi connectivity index (χ3n) is 4.28. The predicted molar refractivity (Wildman–Crippen MR) is 110 cm³/mol. The van der Waals surface area contributed by atoms with E-state index in [0.717, 1.165) is 10.0 Å². The molecule has 0 saturated heterocycles. The highest BCUT2D eigenvalue weighted by molar-refractivity contribution is 9.10. The molecule has 0 saturated carbocycles. The number of fused-ring (bicyclic) bond motifs is 1. The number of hydrogen-bond donors (Lipinski definition) is 2. The molecule has 0 fully saturated rings. The Hall–Kier alpha value is -1.96. The summed E-state index contributed by atoms with van der Waals surface area (Å²) in [6.07, 6.45) is -0.812. The minimum absolute atomic E-state index is 0.0175. The summed E-state index contributed by atoms with van der Waals surface area (Å²) in [6.45, 7) is 7.34. The van der Waals surface area contributed by atoms with E-state index >= 15 is 0 Å². The average molecular weight is 452 g/mol. The summed E-state index contributed by atoms with van der Waals surface area (Å²) in [5, 5.41) is 14.0. The Balaban J connectivity index is 1.69. The second-order valence-corrected chi connectivity index (χ2v) is 8.51. The van der Waals surface area contributed by atoms with E-state index in [9.17, 15) is 5.11 Å². The van der Waals surface area contributed by atoms with Crippen molar-refractivity contribution in [3.63, 3.8) is 0 Å². The second-order valence-electron chi connectivity index (χ2n) is 7.65. The van der Waals surface area contributed by atoms with Gasteiger partial charge in [-0.05, 0) is 72.1 Å². The maximum Gasteiger partial charge on any atom is 0.231 e. The summed E-state index contributed by atoms with van der Waals surface area (Å²) in [5.74, 6) is 2.48. The van der Waals surface area contributed by atoms with Gasteiger partial charge in [-0.1, -0.05) is 6.07 Å². The molecule has 1 aliphatic rings. The topological polar surface area (TPSA) is 69.2 Å². The lowest BCUT2D eigenvalue weighted by molar-refractivity contribution is 0.105. The van der Waals surface area contributed by atoms with Gasteiger partial charge in [-0.25, -0.2) is 0 Å². The van der Waals surface area contributed by atoms with Crippen molar-refractivity contribution < 1.29 is 24.1 Å². The fourth-order valence-corrected chi connectivity index (χ4v) is 3.37. The molecule has 0 amide bonds. The summed E-state index contributed by atoms with van der Waals surface area (Å²) >= 11 is 3.56. The molecular formula is C21H26BrNO5. The van der Waals surface area contributed by atoms with Crippen LogP contribution < -0.4 is 24.3 Å². The van der Waals surface area contributed by atoms with Gasteiger partial charge in [-0.15, -0.1) is 0 Å². The maximum absolute atomic E-state index is 10.5. The molecule has 7 heteroatoms. The van der Waals surface area contributed by atoms with E-state index in [1.807, 2.05) is 12.1 Å². The van der Waals surface area contributed by atoms with Crippen molar-refractivity contribution in [1.29, 1.82) is 0 Å². The van der Waals surface area contributed by atoms with Crippen LogP contribution in [0.2, 0.25) is 0 Å². The highest BCUT2D eigenvalue weighted by Gasteiger charge is 2.19. The first-order chi connectivity index (χ1) is 13.3. The first kappa shape index (κ1) is 20.8. The number of rotatable bonds is 7. The molecule has 3 rings (SSSR count). The number of halogens is 1. The first-order valence-electron chi connectivity index (χ1n) is 9.08. The van der Waals surface area contributed by atoms with Crippen molar-refractivity contribution in [2.45, 2.75) is 39.0 Å². The van der Waals surface area contributed by atoms with Crippen LogP contribution in [-0.4, -0.2) is 31.2 Å². The van der Waals surface area contributed by atoms with E-state index in [1.54, 1.807) is 25.3 Å². The molecular weight excluding hydrogens is 426 g/mol. The minimum Gasteiger partial charge on any atom is -0.493 e. The number of aliphatic hydroxyl groups is 1. The lowest BCUT2D eigenvalue weighted by atomic mass is 10.1. The molecule has 0 radical (unpaired) electrons. The van der Waals surface area contributed by atoms with Crippen LogP contribution in [0.3, 0.4) is 0 Å². The van der Waals surface area contributed by atoms with Gasteiger partial charge in [0.05, 0.1) is 11.6 Å². The van der Waals surface area contributed by atoms with Crippen molar-refractivity contribution in [3.05, 3.63) is 45.9 Å². The van der Waals surface area contributed by atoms with Crippen molar-refractivity contribution in [2.75, 3.05) is 20.5 Å². The van der Waals surface area contributed by atoms with Crippen molar-refractivity contribution >= 4 is 15.9 Å². The van der Waals surface area contributed by atoms with E-state index in [1.165, 1.54) is 0 Å². The Labute approximate surface area is 173 Å². The fraction of sp³-hybridized carbons (Fsp3) is 0.429. The van der Waals surface area contributed by atoms with Gasteiger partial charge in [0.15, 0.2) is 23.0 Å². The number of benzene rings is 2. The third-order valence-corrected chi connectivity index (χ3v) is 4.87. The van der Waals surface area contributed by atoms with E-state index in [0.29, 0.717) is 35.1 Å². The van der Waals surface area contributed by atoms with E-state index < -0.39 is 6.10 Å². The third kappa shape index (κ3) is 5.10. The predicted octanol–water partition coefficient (Wildman–Crippen LogP) is 4.19. The Morgan fingerprint density at radius 1 is 1.18 bits per heavy atom. The molecule has 0 aliphatic carbocycles. The summed E-state index contributed by atoms with van der Waals surface area (Å²) in [5.41, 5.74) is 1.79. The lowest BCUT2D eigenvalue weighted by Crippen LogP contribution is -2.35. The van der Waals surface area contributed by atoms with Crippen LogP contribution in [-0.2, 0) is 6.54 Å². The number of hydrogen-bond acceptors (Lipinski definition) is 6. The molecule has 2 aromatic rings. The minimum atomic E-state index is -0.812. The Bertz CT molecular complexity index is 834. The van der Waals surface area contributed by atoms with Crippen molar-refractivity contribution in [3.8, 4) is 23.0 Å². The molecule has 28 heavy (non-hydrogen) atoms. The Morgan fingerprint density at radius 2 is 1.93 bits per heavy atom.